The first kappa shape index (κ1) is 48.2. The fourth-order valence-electron chi connectivity index (χ4n) is 9.75. The van der Waals surface area contributed by atoms with Crippen molar-refractivity contribution in [1.29, 1.82) is 0 Å². The van der Waals surface area contributed by atoms with Gasteiger partial charge in [-0.1, -0.05) is 133 Å². The third kappa shape index (κ3) is 9.96. The van der Waals surface area contributed by atoms with Crippen molar-refractivity contribution in [2.45, 2.75) is 41.1 Å². The SMILES string of the molecule is CC(=O)C=C(O)C(C1Nc2c(ccc(-c3ccccc3)c2-c2ccccc2)NC1NS(=O)(=O)c1ccc(N)cc1)C1Nc2c(ccc(-c3ccccc3)c2-c2ccccc2)NC1NS(=O)(=O)c1ccc(N)cc1. The van der Waals surface area contributed by atoms with Crippen LogP contribution in [0, 0.1) is 5.92 Å². The Bertz CT molecular complexity index is 3350. The highest BCUT2D eigenvalue weighted by atomic mass is 32.2. The minimum absolute atomic E-state index is 0.0843. The average Bonchev–Trinajstić information content (AvgIpc) is 3.39. The molecule has 0 spiro atoms. The molecule has 0 radical (unpaired) electrons. The van der Waals surface area contributed by atoms with E-state index in [1.165, 1.54) is 55.5 Å². The van der Waals surface area contributed by atoms with Gasteiger partial charge in [0.25, 0.3) is 0 Å². The number of anilines is 6. The maximum Gasteiger partial charge on any atom is 0.242 e. The van der Waals surface area contributed by atoms with Crippen LogP contribution in [-0.2, 0) is 24.8 Å². The van der Waals surface area contributed by atoms with Crippen molar-refractivity contribution in [1.82, 2.24) is 9.44 Å². The number of sulfonamides is 2. The summed E-state index contributed by atoms with van der Waals surface area (Å²) in [6.07, 6.45) is -1.52. The van der Waals surface area contributed by atoms with Gasteiger partial charge in [0.1, 0.15) is 18.1 Å². The molecule has 4 unspecified atom stereocenters. The van der Waals surface area contributed by atoms with Gasteiger partial charge in [0.15, 0.2) is 5.78 Å². The van der Waals surface area contributed by atoms with Gasteiger partial charge in [0.05, 0.1) is 50.5 Å². The maximum atomic E-state index is 14.6. The summed E-state index contributed by atoms with van der Waals surface area (Å²) >= 11 is 0. The standard InChI is InChI=1S/C57H52N8O6S2/c1-35(66)34-48(67)51(54-56(64-72(68,69)42-26-22-40(58)23-27-42)60-46-32-30-44(36-14-6-2-7-15-36)49(52(46)62-54)38-18-10-4-11-19-38)55-57(65-73(70,71)43-28-24-41(59)25-29-43)61-47-33-31-45(37-16-8-3-9-17-37)50(53(47)63-55)39-20-12-5-13-21-39/h2-34,51,54-57,60-65,67H,58-59H2,1H3. The summed E-state index contributed by atoms with van der Waals surface area (Å²) < 4.78 is 64.3. The minimum atomic E-state index is -4.38. The second kappa shape index (κ2) is 20.0. The number of hydrogen-bond donors (Lipinski definition) is 9. The Labute approximate surface area is 424 Å². The molecule has 8 aromatic carbocycles. The lowest BCUT2D eigenvalue weighted by Gasteiger charge is -2.47. The fourth-order valence-corrected chi connectivity index (χ4v) is 12.1. The van der Waals surface area contributed by atoms with Crippen molar-refractivity contribution in [3.8, 4) is 44.5 Å². The van der Waals surface area contributed by atoms with E-state index >= 15 is 0 Å². The number of allylic oxidation sites excluding steroid dienone is 1. The lowest BCUT2D eigenvalue weighted by atomic mass is 9.81. The highest BCUT2D eigenvalue weighted by Gasteiger charge is 2.48. The van der Waals surface area contributed by atoms with Crippen molar-refractivity contribution < 1.29 is 26.7 Å². The highest BCUT2D eigenvalue weighted by Crippen LogP contribution is 2.49. The molecule has 0 bridgehead atoms. The Hall–Kier alpha value is -8.41. The Morgan fingerprint density at radius 3 is 1.18 bits per heavy atom. The molecule has 368 valence electrons. The van der Waals surface area contributed by atoms with E-state index in [2.05, 4.69) is 30.7 Å². The Kier molecular flexibility index (Phi) is 13.2. The Balaban J connectivity index is 1.22. The summed E-state index contributed by atoms with van der Waals surface area (Å²) in [6, 6.07) is 55.7. The molecular weight excluding hydrogens is 957 g/mol. The highest BCUT2D eigenvalue weighted by molar-refractivity contribution is 7.89. The van der Waals surface area contributed by atoms with E-state index in [4.69, 9.17) is 11.5 Å². The van der Waals surface area contributed by atoms with Crippen LogP contribution in [0.25, 0.3) is 44.5 Å². The second-order valence-electron chi connectivity index (χ2n) is 18.0. The number of aliphatic hydroxyl groups excluding tert-OH is 1. The average molecular weight is 1010 g/mol. The fraction of sp³-hybridized carbons (Fsp3) is 0.105. The Morgan fingerprint density at radius 1 is 0.493 bits per heavy atom. The topological polar surface area (TPSA) is 230 Å². The van der Waals surface area contributed by atoms with Gasteiger partial charge in [-0.25, -0.2) is 16.8 Å². The summed E-state index contributed by atoms with van der Waals surface area (Å²) in [7, 11) is -8.76. The number of rotatable bonds is 14. The quantitative estimate of drug-likeness (QED) is 0.0282. The number of carbonyl (C=O) groups excluding carboxylic acids is 1. The smallest absolute Gasteiger partial charge is 0.242 e. The molecule has 0 aromatic heterocycles. The zero-order valence-corrected chi connectivity index (χ0v) is 41.0. The number of benzene rings is 8. The van der Waals surface area contributed by atoms with Crippen LogP contribution in [0.3, 0.4) is 0 Å². The van der Waals surface area contributed by atoms with Crippen molar-refractivity contribution in [3.63, 3.8) is 0 Å². The van der Waals surface area contributed by atoms with Crippen LogP contribution in [0.15, 0.2) is 216 Å². The van der Waals surface area contributed by atoms with Gasteiger partial charge in [0.2, 0.25) is 20.0 Å². The number of nitrogen functional groups attached to an aromatic ring is 2. The lowest BCUT2D eigenvalue weighted by molar-refractivity contribution is -0.112. The molecule has 10 rings (SSSR count). The minimum Gasteiger partial charge on any atom is -0.512 e. The predicted octanol–water partition coefficient (Wildman–Crippen LogP) is 9.89. The summed E-state index contributed by atoms with van der Waals surface area (Å²) in [6.45, 7) is 1.29. The zero-order valence-electron chi connectivity index (χ0n) is 39.4. The van der Waals surface area contributed by atoms with Gasteiger partial charge in [-0.3, -0.25) is 4.79 Å². The van der Waals surface area contributed by atoms with E-state index in [1.54, 1.807) is 0 Å². The number of aliphatic hydroxyl groups is 1. The monoisotopic (exact) mass is 1010 g/mol. The number of fused-ring (bicyclic) bond motifs is 2. The second-order valence-corrected chi connectivity index (χ2v) is 21.4. The van der Waals surface area contributed by atoms with Crippen molar-refractivity contribution >= 4 is 60.0 Å². The largest absolute Gasteiger partial charge is 0.512 e. The first-order valence-electron chi connectivity index (χ1n) is 23.5. The summed E-state index contributed by atoms with van der Waals surface area (Å²) in [5.41, 5.74) is 21.5. The zero-order chi connectivity index (χ0) is 50.9. The third-order valence-corrected chi connectivity index (χ3v) is 16.0. The molecule has 4 atom stereocenters. The summed E-state index contributed by atoms with van der Waals surface area (Å²) in [4.78, 5) is 13.1. The first-order chi connectivity index (χ1) is 35.2. The van der Waals surface area contributed by atoms with Gasteiger partial charge in [-0.2, -0.15) is 9.44 Å². The molecule has 0 saturated carbocycles. The van der Waals surface area contributed by atoms with E-state index in [0.717, 1.165) is 50.6 Å². The molecule has 73 heavy (non-hydrogen) atoms. The van der Waals surface area contributed by atoms with Crippen LogP contribution in [0.1, 0.15) is 6.92 Å². The number of nitrogens with two attached hydrogens (primary N) is 2. The number of nitrogens with one attached hydrogen (secondary N) is 6. The molecule has 16 heteroatoms. The van der Waals surface area contributed by atoms with Crippen molar-refractivity contribution in [2.75, 3.05) is 32.7 Å². The van der Waals surface area contributed by atoms with Gasteiger partial charge in [-0.15, -0.1) is 0 Å². The first-order valence-corrected chi connectivity index (χ1v) is 26.5. The number of hydrogen-bond acceptors (Lipinski definition) is 12. The molecule has 0 aliphatic carbocycles. The molecule has 2 aliphatic heterocycles. The normalized spacial score (nSPS) is 17.8. The van der Waals surface area contributed by atoms with E-state index in [1.807, 2.05) is 146 Å². The van der Waals surface area contributed by atoms with Crippen molar-refractivity contribution in [2.24, 2.45) is 5.92 Å². The number of carbonyl (C=O) groups is 1. The van der Waals surface area contributed by atoms with Crippen LogP contribution in [0.2, 0.25) is 0 Å². The molecule has 8 aromatic rings. The van der Waals surface area contributed by atoms with Gasteiger partial charge in [-0.05, 0) is 101 Å². The van der Waals surface area contributed by atoms with E-state index in [0.29, 0.717) is 34.1 Å². The summed E-state index contributed by atoms with van der Waals surface area (Å²) in [5, 5.41) is 27.1. The molecule has 0 saturated heterocycles. The Morgan fingerprint density at radius 2 is 0.836 bits per heavy atom. The molecular formula is C57H52N8O6S2. The van der Waals surface area contributed by atoms with Crippen LogP contribution in [0.4, 0.5) is 34.1 Å². The molecule has 0 fully saturated rings. The van der Waals surface area contributed by atoms with E-state index in [-0.39, 0.29) is 9.79 Å². The van der Waals surface area contributed by atoms with Crippen LogP contribution < -0.4 is 42.2 Å². The summed E-state index contributed by atoms with van der Waals surface area (Å²) in [5.74, 6) is -2.33. The van der Waals surface area contributed by atoms with Crippen LogP contribution in [0.5, 0.6) is 0 Å². The van der Waals surface area contributed by atoms with Crippen LogP contribution in [-0.4, -0.2) is 52.1 Å². The molecule has 0 amide bonds. The molecule has 2 heterocycles. The number of ketones is 1. The lowest BCUT2D eigenvalue weighted by Crippen LogP contribution is -2.64. The van der Waals surface area contributed by atoms with Crippen LogP contribution >= 0.6 is 0 Å². The maximum absolute atomic E-state index is 14.6. The molecule has 11 N–H and O–H groups in total. The van der Waals surface area contributed by atoms with Gasteiger partial charge < -0.3 is 37.8 Å². The van der Waals surface area contributed by atoms with E-state index in [9.17, 15) is 26.7 Å². The molecule has 2 aliphatic rings. The van der Waals surface area contributed by atoms with E-state index < -0.39 is 61.9 Å². The molecule has 14 nitrogen and oxygen atoms in total. The van der Waals surface area contributed by atoms with Crippen molar-refractivity contribution in [3.05, 3.63) is 206 Å². The third-order valence-electron chi connectivity index (χ3n) is 13.1. The predicted molar refractivity (Wildman–Crippen MR) is 292 cm³/mol. The van der Waals surface area contributed by atoms with Gasteiger partial charge >= 0.3 is 0 Å². The van der Waals surface area contributed by atoms with Gasteiger partial charge in [0, 0.05) is 28.6 Å².